The number of ether oxygens (including phenoxy) is 2. The molecule has 2 unspecified atom stereocenters. The summed E-state index contributed by atoms with van der Waals surface area (Å²) >= 11 is 6.09. The number of halogens is 1. The zero-order chi connectivity index (χ0) is 14.9. The summed E-state index contributed by atoms with van der Waals surface area (Å²) in [5.41, 5.74) is 6.44. The van der Waals surface area contributed by atoms with Gasteiger partial charge in [-0.3, -0.25) is 4.90 Å². The largest absolute Gasteiger partial charge is 0.506 e. The lowest BCUT2D eigenvalue weighted by Crippen LogP contribution is -2.21. The van der Waals surface area contributed by atoms with Crippen LogP contribution in [0.2, 0.25) is 5.02 Å². The molecule has 6 heteroatoms. The normalized spacial score (nSPS) is 23.1. The van der Waals surface area contributed by atoms with Crippen molar-refractivity contribution in [2.75, 3.05) is 34.4 Å². The third kappa shape index (κ3) is 2.53. The molecule has 5 nitrogen and oxygen atoms in total. The minimum absolute atomic E-state index is 0.0195. The number of phenols is 1. The smallest absolute Gasteiger partial charge is 0.169 e. The molecule has 1 aromatic rings. The number of benzene rings is 1. The van der Waals surface area contributed by atoms with E-state index in [1.54, 1.807) is 20.3 Å². The van der Waals surface area contributed by atoms with E-state index in [1.165, 1.54) is 0 Å². The average molecular weight is 301 g/mol. The van der Waals surface area contributed by atoms with Crippen LogP contribution in [-0.2, 0) is 0 Å². The van der Waals surface area contributed by atoms with Gasteiger partial charge in [0.05, 0.1) is 24.8 Å². The van der Waals surface area contributed by atoms with Gasteiger partial charge < -0.3 is 20.3 Å². The third-order valence-corrected chi connectivity index (χ3v) is 4.22. The van der Waals surface area contributed by atoms with Crippen LogP contribution >= 0.6 is 11.6 Å². The van der Waals surface area contributed by atoms with Crippen molar-refractivity contribution in [2.45, 2.75) is 12.5 Å². The lowest BCUT2D eigenvalue weighted by Gasteiger charge is -2.24. The summed E-state index contributed by atoms with van der Waals surface area (Å²) in [7, 11) is 5.12. The summed E-state index contributed by atoms with van der Waals surface area (Å²) in [6, 6.07) is 1.58. The number of hydrogen-bond acceptors (Lipinski definition) is 5. The predicted molar refractivity (Wildman–Crippen MR) is 78.8 cm³/mol. The minimum atomic E-state index is 0.0195. The highest BCUT2D eigenvalue weighted by Gasteiger charge is 2.35. The molecular weight excluding hydrogens is 280 g/mol. The van der Waals surface area contributed by atoms with Gasteiger partial charge in [-0.25, -0.2) is 0 Å². The van der Waals surface area contributed by atoms with E-state index in [9.17, 15) is 5.11 Å². The van der Waals surface area contributed by atoms with Gasteiger partial charge in [-0.2, -0.15) is 0 Å². The average Bonchev–Trinajstić information content (AvgIpc) is 2.82. The van der Waals surface area contributed by atoms with Gasteiger partial charge in [0.1, 0.15) is 5.75 Å². The molecule has 0 saturated carbocycles. The number of nitrogens with two attached hydrogens (primary N) is 1. The van der Waals surface area contributed by atoms with E-state index in [0.29, 0.717) is 29.5 Å². The molecule has 0 spiro atoms. The lowest BCUT2D eigenvalue weighted by atomic mass is 9.97. The third-order valence-electron chi connectivity index (χ3n) is 3.93. The highest BCUT2D eigenvalue weighted by molar-refractivity contribution is 6.32. The zero-order valence-electron chi connectivity index (χ0n) is 12.0. The van der Waals surface area contributed by atoms with Crippen molar-refractivity contribution < 1.29 is 14.6 Å². The van der Waals surface area contributed by atoms with Crippen LogP contribution in [0.3, 0.4) is 0 Å². The summed E-state index contributed by atoms with van der Waals surface area (Å²) < 4.78 is 10.7. The first-order chi connectivity index (χ1) is 9.53. The monoisotopic (exact) mass is 300 g/mol. The van der Waals surface area contributed by atoms with Crippen LogP contribution in [-0.4, -0.2) is 44.4 Å². The summed E-state index contributed by atoms with van der Waals surface area (Å²) in [6.07, 6.45) is 0.862. The van der Waals surface area contributed by atoms with E-state index < -0.39 is 0 Å². The van der Waals surface area contributed by atoms with E-state index in [4.69, 9.17) is 26.8 Å². The van der Waals surface area contributed by atoms with E-state index in [0.717, 1.165) is 13.0 Å². The number of aromatic hydroxyl groups is 1. The fourth-order valence-corrected chi connectivity index (χ4v) is 3.10. The Balaban J connectivity index is 2.52. The van der Waals surface area contributed by atoms with Crippen LogP contribution in [0.5, 0.6) is 17.2 Å². The Morgan fingerprint density at radius 2 is 2.15 bits per heavy atom. The maximum absolute atomic E-state index is 10.3. The van der Waals surface area contributed by atoms with Gasteiger partial charge in [0.2, 0.25) is 0 Å². The standard InChI is InChI=1S/C14H21ClN2O3/c1-17-7-8(6-16)4-10(17)12-13(18)9(15)5-11(19-2)14(12)20-3/h5,8,10,18H,4,6-7,16H2,1-3H3. The Hall–Kier alpha value is -1.17. The van der Waals surface area contributed by atoms with Crippen molar-refractivity contribution in [3.05, 3.63) is 16.7 Å². The number of likely N-dealkylation sites (tertiary alicyclic amines) is 1. The molecule has 0 amide bonds. The van der Waals surface area contributed by atoms with Crippen molar-refractivity contribution >= 4 is 11.6 Å². The molecule has 1 saturated heterocycles. The van der Waals surface area contributed by atoms with Gasteiger partial charge in [-0.1, -0.05) is 11.6 Å². The predicted octanol–water partition coefficient (Wildman–Crippen LogP) is 2.01. The van der Waals surface area contributed by atoms with E-state index >= 15 is 0 Å². The Morgan fingerprint density at radius 3 is 2.65 bits per heavy atom. The van der Waals surface area contributed by atoms with Crippen LogP contribution in [0.25, 0.3) is 0 Å². The molecule has 3 N–H and O–H groups in total. The Bertz CT molecular complexity index is 496. The Labute approximate surface area is 124 Å². The maximum atomic E-state index is 10.3. The van der Waals surface area contributed by atoms with Crippen molar-refractivity contribution in [2.24, 2.45) is 11.7 Å². The molecule has 2 rings (SSSR count). The quantitative estimate of drug-likeness (QED) is 0.890. The summed E-state index contributed by atoms with van der Waals surface area (Å²) in [4.78, 5) is 2.16. The number of hydrogen-bond donors (Lipinski definition) is 2. The first-order valence-corrected chi connectivity index (χ1v) is 6.94. The minimum Gasteiger partial charge on any atom is -0.506 e. The molecule has 0 bridgehead atoms. The molecule has 112 valence electrons. The number of rotatable bonds is 4. The van der Waals surface area contributed by atoms with Crippen molar-refractivity contribution in [3.8, 4) is 17.2 Å². The van der Waals surface area contributed by atoms with E-state index in [-0.39, 0.29) is 16.8 Å². The molecule has 1 aromatic carbocycles. The number of nitrogens with zero attached hydrogens (tertiary/aromatic N) is 1. The molecule has 1 fully saturated rings. The van der Waals surface area contributed by atoms with Crippen LogP contribution < -0.4 is 15.2 Å². The molecule has 2 atom stereocenters. The van der Waals surface area contributed by atoms with Gasteiger partial charge >= 0.3 is 0 Å². The highest BCUT2D eigenvalue weighted by atomic mass is 35.5. The SMILES string of the molecule is COc1cc(Cl)c(O)c(C2CC(CN)CN2C)c1OC. The van der Waals surface area contributed by atoms with Gasteiger partial charge in [0.15, 0.2) is 11.5 Å². The first-order valence-electron chi connectivity index (χ1n) is 6.57. The van der Waals surface area contributed by atoms with Gasteiger partial charge in [0.25, 0.3) is 0 Å². The summed E-state index contributed by atoms with van der Waals surface area (Å²) in [5.74, 6) is 1.51. The Kier molecular flexibility index (Phi) is 4.62. The van der Waals surface area contributed by atoms with Gasteiger partial charge in [0, 0.05) is 18.7 Å². The van der Waals surface area contributed by atoms with Crippen LogP contribution in [0.4, 0.5) is 0 Å². The van der Waals surface area contributed by atoms with Gasteiger partial charge in [-0.15, -0.1) is 0 Å². The maximum Gasteiger partial charge on any atom is 0.169 e. The lowest BCUT2D eigenvalue weighted by molar-refractivity contribution is 0.287. The fraction of sp³-hybridized carbons (Fsp3) is 0.571. The fourth-order valence-electron chi connectivity index (χ4n) is 2.90. The first kappa shape index (κ1) is 15.2. The number of methoxy groups -OCH3 is 2. The van der Waals surface area contributed by atoms with Crippen LogP contribution in [0.1, 0.15) is 18.0 Å². The topological polar surface area (TPSA) is 68.0 Å². The summed E-state index contributed by atoms with van der Waals surface area (Å²) in [5, 5.41) is 10.6. The van der Waals surface area contributed by atoms with Crippen molar-refractivity contribution in [1.82, 2.24) is 4.90 Å². The van der Waals surface area contributed by atoms with Crippen molar-refractivity contribution in [3.63, 3.8) is 0 Å². The molecule has 20 heavy (non-hydrogen) atoms. The van der Waals surface area contributed by atoms with Crippen LogP contribution in [0, 0.1) is 5.92 Å². The second kappa shape index (κ2) is 6.08. The number of phenolic OH excluding ortho intramolecular Hbond substituents is 1. The Morgan fingerprint density at radius 1 is 1.45 bits per heavy atom. The molecule has 0 radical (unpaired) electrons. The molecule has 0 aliphatic carbocycles. The van der Waals surface area contributed by atoms with E-state index in [2.05, 4.69) is 4.90 Å². The zero-order valence-corrected chi connectivity index (χ0v) is 12.8. The second-order valence-corrected chi connectivity index (χ2v) is 5.56. The van der Waals surface area contributed by atoms with Gasteiger partial charge in [-0.05, 0) is 25.9 Å². The second-order valence-electron chi connectivity index (χ2n) is 5.15. The molecular formula is C14H21ClN2O3. The molecule has 1 aliphatic heterocycles. The summed E-state index contributed by atoms with van der Waals surface area (Å²) in [6.45, 7) is 1.51. The van der Waals surface area contributed by atoms with Crippen LogP contribution in [0.15, 0.2) is 6.07 Å². The van der Waals surface area contributed by atoms with E-state index in [1.807, 2.05) is 7.05 Å². The van der Waals surface area contributed by atoms with Crippen molar-refractivity contribution in [1.29, 1.82) is 0 Å². The highest BCUT2D eigenvalue weighted by Crippen LogP contribution is 2.49. The molecule has 1 aliphatic rings. The molecule has 1 heterocycles. The molecule has 0 aromatic heterocycles.